The highest BCUT2D eigenvalue weighted by Crippen LogP contribution is 2.45. The molecule has 0 aromatic heterocycles. The van der Waals surface area contributed by atoms with Crippen molar-refractivity contribution in [1.82, 2.24) is 0 Å². The molecule has 0 amide bonds. The van der Waals surface area contributed by atoms with Gasteiger partial charge in [-0.05, 0) is 46.8 Å². The van der Waals surface area contributed by atoms with Crippen LogP contribution in [0, 0.1) is 33.0 Å². The summed E-state index contributed by atoms with van der Waals surface area (Å²) in [5, 5.41) is 0. The summed E-state index contributed by atoms with van der Waals surface area (Å²) in [6, 6.07) is 0. The first-order valence-electron chi connectivity index (χ1n) is 6.94. The van der Waals surface area contributed by atoms with Crippen LogP contribution in [0.2, 0.25) is 0 Å². The minimum Gasteiger partial charge on any atom is -0.368 e. The lowest BCUT2D eigenvalue weighted by Crippen LogP contribution is -2.39. The van der Waals surface area contributed by atoms with E-state index in [-0.39, 0.29) is 17.4 Å². The quantitative estimate of drug-likeness (QED) is 0.411. The van der Waals surface area contributed by atoms with E-state index in [2.05, 4.69) is 35.5 Å². The maximum atomic E-state index is 11.4. The number of ether oxygens (including phenoxy) is 1. The molecule has 21 heavy (non-hydrogen) atoms. The summed E-state index contributed by atoms with van der Waals surface area (Å²) in [4.78, 5) is 11.4. The van der Waals surface area contributed by atoms with Gasteiger partial charge in [-0.3, -0.25) is 4.79 Å². The maximum Gasteiger partial charge on any atom is 0.146 e. The highest BCUT2D eigenvalue weighted by molar-refractivity contribution is 14.1. The van der Waals surface area contributed by atoms with Gasteiger partial charge in [0.05, 0.1) is 0 Å². The van der Waals surface area contributed by atoms with Crippen LogP contribution in [0.1, 0.15) is 33.6 Å². The Morgan fingerprint density at radius 3 is 2.62 bits per heavy atom. The molecule has 0 aromatic rings. The molecule has 1 rings (SSSR count). The molecule has 1 aliphatic rings. The summed E-state index contributed by atoms with van der Waals surface area (Å²) in [6.45, 7) is 6.25. The summed E-state index contributed by atoms with van der Waals surface area (Å²) in [6.07, 6.45) is 6.19. The molecular weight excluding hydrogens is 375 g/mol. The number of hydrogen-bond acceptors (Lipinski definition) is 2. The van der Waals surface area contributed by atoms with Gasteiger partial charge in [0.15, 0.2) is 0 Å². The van der Waals surface area contributed by atoms with Crippen molar-refractivity contribution in [2.45, 2.75) is 39.7 Å². The molecule has 0 saturated carbocycles. The van der Waals surface area contributed by atoms with Gasteiger partial charge in [0.1, 0.15) is 12.4 Å². The van der Waals surface area contributed by atoms with Crippen molar-refractivity contribution in [1.29, 1.82) is 0 Å². The summed E-state index contributed by atoms with van der Waals surface area (Å²) in [7, 11) is 1.68. The third kappa shape index (κ3) is 4.46. The van der Waals surface area contributed by atoms with E-state index in [1.165, 1.54) is 5.57 Å². The van der Waals surface area contributed by atoms with E-state index in [0.29, 0.717) is 0 Å². The standard InChI is InChI=1S/C18H21IO2/c1-14-10-11-15(18(2,3)16(14)13-20)17(21-4)9-7-5-6-8-12-19/h5-6,13,15,17H,10-11H2,1-4H3/b6-5-/t15-,17+/m0/s1. The number of carbonyl (C=O) groups excluding carboxylic acids is 1. The molecule has 0 N–H and O–H groups in total. The lowest BCUT2D eigenvalue weighted by molar-refractivity contribution is -0.106. The van der Waals surface area contributed by atoms with E-state index >= 15 is 0 Å². The normalized spacial score (nSPS) is 22.0. The van der Waals surface area contributed by atoms with E-state index in [9.17, 15) is 4.79 Å². The number of rotatable bonds is 3. The molecule has 0 heterocycles. The molecule has 1 aliphatic carbocycles. The molecule has 112 valence electrons. The molecule has 0 bridgehead atoms. The average Bonchev–Trinajstić information content (AvgIpc) is 2.44. The third-order valence-corrected chi connectivity index (χ3v) is 4.49. The van der Waals surface area contributed by atoms with Gasteiger partial charge in [0, 0.05) is 35.6 Å². The van der Waals surface area contributed by atoms with Crippen molar-refractivity contribution in [3.63, 3.8) is 0 Å². The molecule has 0 saturated heterocycles. The number of hydrogen-bond donors (Lipinski definition) is 0. The van der Waals surface area contributed by atoms with E-state index in [1.54, 1.807) is 19.3 Å². The van der Waals surface area contributed by atoms with Gasteiger partial charge in [-0.1, -0.05) is 37.2 Å². The SMILES string of the molecule is CO[C@H](C#C/C=C\C#CI)[C@@H]1CCC(C)=C(C=O)C1(C)C. The van der Waals surface area contributed by atoms with Crippen molar-refractivity contribution in [3.05, 3.63) is 23.3 Å². The van der Waals surface area contributed by atoms with Gasteiger partial charge in [-0.25, -0.2) is 0 Å². The van der Waals surface area contributed by atoms with Crippen LogP contribution in [-0.4, -0.2) is 19.5 Å². The molecule has 0 aromatic carbocycles. The summed E-state index contributed by atoms with van der Waals surface area (Å²) in [5.41, 5.74) is 1.87. The van der Waals surface area contributed by atoms with Crippen LogP contribution in [0.5, 0.6) is 0 Å². The predicted octanol–water partition coefficient (Wildman–Crippen LogP) is 3.91. The topological polar surface area (TPSA) is 26.3 Å². The van der Waals surface area contributed by atoms with Crippen LogP contribution in [0.25, 0.3) is 0 Å². The minimum absolute atomic E-state index is 0.180. The van der Waals surface area contributed by atoms with Crippen LogP contribution in [0.3, 0.4) is 0 Å². The highest BCUT2D eigenvalue weighted by atomic mass is 127. The van der Waals surface area contributed by atoms with Crippen molar-refractivity contribution in [2.75, 3.05) is 7.11 Å². The molecule has 3 heteroatoms. The summed E-state index contributed by atoms with van der Waals surface area (Å²) in [5.74, 6) is 9.16. The average molecular weight is 396 g/mol. The second-order valence-corrected chi connectivity index (χ2v) is 6.24. The van der Waals surface area contributed by atoms with E-state index in [0.717, 1.165) is 24.7 Å². The summed E-state index contributed by atoms with van der Waals surface area (Å²) >= 11 is 1.98. The van der Waals surface area contributed by atoms with Crippen molar-refractivity contribution in [3.8, 4) is 21.7 Å². The van der Waals surface area contributed by atoms with Gasteiger partial charge in [0.2, 0.25) is 0 Å². The van der Waals surface area contributed by atoms with Gasteiger partial charge in [-0.15, -0.1) is 0 Å². The second-order valence-electron chi connectivity index (χ2n) is 5.70. The lowest BCUT2D eigenvalue weighted by atomic mass is 9.64. The smallest absolute Gasteiger partial charge is 0.146 e. The van der Waals surface area contributed by atoms with Crippen molar-refractivity contribution in [2.24, 2.45) is 11.3 Å². The summed E-state index contributed by atoms with van der Waals surface area (Å²) < 4.78 is 8.33. The Morgan fingerprint density at radius 1 is 1.38 bits per heavy atom. The fourth-order valence-corrected chi connectivity index (χ4v) is 3.15. The molecule has 0 fully saturated rings. The number of aldehydes is 1. The Morgan fingerprint density at radius 2 is 2.05 bits per heavy atom. The van der Waals surface area contributed by atoms with Crippen LogP contribution >= 0.6 is 22.6 Å². The fourth-order valence-electron chi connectivity index (χ4n) is 2.97. The molecule has 0 unspecified atom stereocenters. The third-order valence-electron chi connectivity index (χ3n) is 4.18. The molecular formula is C18H21IO2. The van der Waals surface area contributed by atoms with Gasteiger partial charge < -0.3 is 4.74 Å². The Bertz CT molecular complexity index is 561. The van der Waals surface area contributed by atoms with Crippen molar-refractivity contribution >= 4 is 28.9 Å². The number of methoxy groups -OCH3 is 1. The monoisotopic (exact) mass is 396 g/mol. The largest absolute Gasteiger partial charge is 0.368 e. The zero-order valence-corrected chi connectivity index (χ0v) is 15.2. The van der Waals surface area contributed by atoms with Crippen LogP contribution in [0.4, 0.5) is 0 Å². The van der Waals surface area contributed by atoms with Crippen molar-refractivity contribution < 1.29 is 9.53 Å². The maximum absolute atomic E-state index is 11.4. The Labute approximate surface area is 141 Å². The van der Waals surface area contributed by atoms with E-state index in [1.807, 2.05) is 29.5 Å². The van der Waals surface area contributed by atoms with Gasteiger partial charge in [0.25, 0.3) is 0 Å². The lowest BCUT2D eigenvalue weighted by Gasteiger charge is -2.41. The van der Waals surface area contributed by atoms with E-state index in [4.69, 9.17) is 4.74 Å². The molecule has 0 radical (unpaired) electrons. The zero-order chi connectivity index (χ0) is 15.9. The minimum atomic E-state index is -0.217. The molecule has 0 spiro atoms. The fraction of sp³-hybridized carbons (Fsp3) is 0.500. The first-order chi connectivity index (χ1) is 9.98. The first kappa shape index (κ1) is 18.0. The first-order valence-corrected chi connectivity index (χ1v) is 8.02. The number of carbonyl (C=O) groups is 1. The molecule has 0 aliphatic heterocycles. The Balaban J connectivity index is 3.01. The number of allylic oxidation sites excluding steroid dienone is 4. The second kappa shape index (κ2) is 8.41. The zero-order valence-electron chi connectivity index (χ0n) is 13.0. The highest BCUT2D eigenvalue weighted by Gasteiger charge is 2.41. The molecule has 2 nitrogen and oxygen atoms in total. The number of halogens is 1. The van der Waals surface area contributed by atoms with Crippen LogP contribution in [-0.2, 0) is 9.53 Å². The molecule has 2 atom stereocenters. The van der Waals surface area contributed by atoms with Crippen LogP contribution in [0.15, 0.2) is 23.3 Å². The Kier molecular flexibility index (Phi) is 7.22. The van der Waals surface area contributed by atoms with Gasteiger partial charge in [-0.2, -0.15) is 0 Å². The van der Waals surface area contributed by atoms with Gasteiger partial charge >= 0.3 is 0 Å². The van der Waals surface area contributed by atoms with Crippen LogP contribution < -0.4 is 0 Å². The predicted molar refractivity (Wildman–Crippen MR) is 94.8 cm³/mol. The Hall–Kier alpha value is -1.04. The van der Waals surface area contributed by atoms with E-state index < -0.39 is 0 Å².